The van der Waals surface area contributed by atoms with Gasteiger partial charge in [0.15, 0.2) is 12.0 Å². The van der Waals surface area contributed by atoms with Crippen molar-refractivity contribution in [3.63, 3.8) is 0 Å². The highest BCUT2D eigenvalue weighted by molar-refractivity contribution is 6.00. The predicted octanol–water partition coefficient (Wildman–Crippen LogP) is 2.26. The van der Waals surface area contributed by atoms with E-state index in [1.807, 2.05) is 0 Å². The number of anilines is 3. The minimum atomic E-state index is -0.333. The van der Waals surface area contributed by atoms with E-state index in [9.17, 15) is 9.59 Å². The number of oxazole rings is 1. The zero-order valence-corrected chi connectivity index (χ0v) is 19.6. The Hall–Kier alpha value is -4.19. The molecule has 4 heterocycles. The number of methoxy groups -OCH3 is 1. The van der Waals surface area contributed by atoms with Crippen LogP contribution < -0.4 is 21.5 Å². The number of nitrogens with one attached hydrogen (secondary N) is 3. The molecule has 4 aromatic heterocycles. The van der Waals surface area contributed by atoms with Crippen molar-refractivity contribution >= 4 is 28.9 Å². The first kappa shape index (κ1) is 22.6. The van der Waals surface area contributed by atoms with Gasteiger partial charge in [-0.1, -0.05) is 0 Å². The Kier molecular flexibility index (Phi) is 5.95. The molecule has 5 rings (SSSR count). The highest BCUT2D eigenvalue weighted by Gasteiger charge is 2.27. The van der Waals surface area contributed by atoms with Crippen molar-refractivity contribution in [2.75, 3.05) is 24.8 Å². The maximum absolute atomic E-state index is 13.1. The van der Waals surface area contributed by atoms with Crippen molar-refractivity contribution < 1.29 is 13.9 Å². The molecule has 0 radical (unpaired) electrons. The fourth-order valence-electron chi connectivity index (χ4n) is 4.33. The number of aromatic nitrogens is 5. The van der Waals surface area contributed by atoms with Crippen LogP contribution in [0.2, 0.25) is 0 Å². The second-order valence-corrected chi connectivity index (χ2v) is 8.38. The molecule has 12 heteroatoms. The predicted molar refractivity (Wildman–Crippen MR) is 129 cm³/mol. The van der Waals surface area contributed by atoms with Crippen molar-refractivity contribution in [3.8, 4) is 5.88 Å². The topological polar surface area (TPSA) is 141 Å². The van der Waals surface area contributed by atoms with Gasteiger partial charge in [0.05, 0.1) is 12.3 Å². The second kappa shape index (κ2) is 9.22. The summed E-state index contributed by atoms with van der Waals surface area (Å²) in [5.41, 5.74) is 1.24. The Balaban J connectivity index is 1.46. The first-order valence-corrected chi connectivity index (χ1v) is 11.3. The van der Waals surface area contributed by atoms with Crippen LogP contribution >= 0.6 is 0 Å². The molecule has 1 saturated carbocycles. The number of nitrogens with zero attached hydrogens (tertiary/aromatic N) is 5. The highest BCUT2D eigenvalue weighted by Crippen LogP contribution is 2.24. The zero-order chi connectivity index (χ0) is 24.5. The van der Waals surface area contributed by atoms with Gasteiger partial charge in [-0.3, -0.25) is 14.2 Å². The third-order valence-corrected chi connectivity index (χ3v) is 6.17. The Morgan fingerprint density at radius 2 is 2.17 bits per heavy atom. The molecule has 1 fully saturated rings. The van der Waals surface area contributed by atoms with Gasteiger partial charge in [0.1, 0.15) is 28.6 Å². The van der Waals surface area contributed by atoms with Gasteiger partial charge in [0.25, 0.3) is 11.5 Å². The smallest absolute Gasteiger partial charge is 0.281 e. The molecule has 3 N–H and O–H groups in total. The van der Waals surface area contributed by atoms with Gasteiger partial charge in [0.2, 0.25) is 5.88 Å². The van der Waals surface area contributed by atoms with Crippen molar-refractivity contribution in [2.45, 2.75) is 38.3 Å². The van der Waals surface area contributed by atoms with Crippen LogP contribution in [0, 0.1) is 6.92 Å². The maximum Gasteiger partial charge on any atom is 0.281 e. The van der Waals surface area contributed by atoms with E-state index in [0.29, 0.717) is 34.4 Å². The molecule has 0 aliphatic heterocycles. The van der Waals surface area contributed by atoms with Crippen molar-refractivity contribution in [3.05, 3.63) is 58.6 Å². The lowest BCUT2D eigenvalue weighted by atomic mass is 10.2. The number of fused-ring (bicyclic) bond motifs is 1. The first-order valence-electron chi connectivity index (χ1n) is 11.3. The lowest BCUT2D eigenvalue weighted by Gasteiger charge is -2.13. The SMILES string of the molecule is CNc1cc(Nc2cccn(-c3ocnc3C)c2=O)nc2c(C(=O)N[C@H]3CC[C@H](OC)C3)cnn12. The van der Waals surface area contributed by atoms with Crippen LogP contribution in [0.1, 0.15) is 35.3 Å². The summed E-state index contributed by atoms with van der Waals surface area (Å²) in [6.07, 6.45) is 7.09. The van der Waals surface area contributed by atoms with Crippen LogP contribution in [-0.4, -0.2) is 56.4 Å². The molecule has 0 spiro atoms. The number of ether oxygens (including phenoxy) is 1. The van der Waals surface area contributed by atoms with Gasteiger partial charge in [0, 0.05) is 32.5 Å². The number of aryl methyl sites for hydroxylation is 1. The molecule has 0 bridgehead atoms. The van der Waals surface area contributed by atoms with Crippen molar-refractivity contribution in [1.29, 1.82) is 0 Å². The summed E-state index contributed by atoms with van der Waals surface area (Å²) in [4.78, 5) is 34.8. The van der Waals surface area contributed by atoms with E-state index in [1.54, 1.807) is 50.0 Å². The summed E-state index contributed by atoms with van der Waals surface area (Å²) in [7, 11) is 3.43. The molecule has 1 aliphatic rings. The van der Waals surface area contributed by atoms with Crippen LogP contribution in [0.5, 0.6) is 0 Å². The Bertz CT molecular complexity index is 1440. The van der Waals surface area contributed by atoms with Crippen molar-refractivity contribution in [1.82, 2.24) is 29.5 Å². The summed E-state index contributed by atoms with van der Waals surface area (Å²) in [6, 6.07) is 5.11. The standard InChI is InChI=1S/C23H26N8O4/c1-13-23(35-12-25-13)30-8-4-5-17(22(30)33)28-18-10-19(24-2)31-20(29-18)16(11-26-31)21(32)27-14-6-7-15(9-14)34-3/h4-5,8,10-12,14-15,24H,6-7,9H2,1-3H3,(H,27,32)(H,28,29)/t14-,15-/m0/s1. The normalized spacial score (nSPS) is 17.6. The van der Waals surface area contributed by atoms with Gasteiger partial charge in [-0.25, -0.2) is 9.97 Å². The molecular formula is C23H26N8O4. The number of carbonyl (C=O) groups excluding carboxylic acids is 1. The molecule has 0 saturated heterocycles. The summed E-state index contributed by atoms with van der Waals surface area (Å²) in [5.74, 6) is 1.06. The second-order valence-electron chi connectivity index (χ2n) is 8.38. The molecule has 4 aromatic rings. The number of amides is 1. The van der Waals surface area contributed by atoms with E-state index in [2.05, 4.69) is 31.0 Å². The van der Waals surface area contributed by atoms with Gasteiger partial charge in [-0.2, -0.15) is 9.61 Å². The Morgan fingerprint density at radius 3 is 2.89 bits per heavy atom. The van der Waals surface area contributed by atoms with Gasteiger partial charge in [-0.15, -0.1) is 0 Å². The van der Waals surface area contributed by atoms with Crippen LogP contribution in [0.25, 0.3) is 11.5 Å². The summed E-state index contributed by atoms with van der Waals surface area (Å²) >= 11 is 0. The van der Waals surface area contributed by atoms with E-state index < -0.39 is 0 Å². The average Bonchev–Trinajstić information content (AvgIpc) is 3.59. The summed E-state index contributed by atoms with van der Waals surface area (Å²) < 4.78 is 13.7. The van der Waals surface area contributed by atoms with E-state index >= 15 is 0 Å². The number of rotatable bonds is 7. The van der Waals surface area contributed by atoms with E-state index in [0.717, 1.165) is 19.3 Å². The van der Waals surface area contributed by atoms with Crippen LogP contribution in [0.3, 0.4) is 0 Å². The third kappa shape index (κ3) is 4.23. The molecule has 1 aliphatic carbocycles. The van der Waals surface area contributed by atoms with E-state index in [1.165, 1.54) is 17.2 Å². The van der Waals surface area contributed by atoms with Crippen LogP contribution in [-0.2, 0) is 4.74 Å². The quantitative estimate of drug-likeness (QED) is 0.365. The Labute approximate surface area is 200 Å². The third-order valence-electron chi connectivity index (χ3n) is 6.17. The maximum atomic E-state index is 13.1. The highest BCUT2D eigenvalue weighted by atomic mass is 16.5. The number of pyridine rings is 1. The van der Waals surface area contributed by atoms with E-state index in [4.69, 9.17) is 9.15 Å². The minimum absolute atomic E-state index is 0.0369. The molecule has 0 unspecified atom stereocenters. The zero-order valence-electron chi connectivity index (χ0n) is 19.6. The monoisotopic (exact) mass is 478 g/mol. The molecule has 35 heavy (non-hydrogen) atoms. The fraction of sp³-hybridized carbons (Fsp3) is 0.348. The van der Waals surface area contributed by atoms with Crippen LogP contribution in [0.15, 0.2) is 46.2 Å². The Morgan fingerprint density at radius 1 is 1.31 bits per heavy atom. The lowest BCUT2D eigenvalue weighted by molar-refractivity contribution is 0.0916. The minimum Gasteiger partial charge on any atom is -0.427 e. The molecule has 2 atom stereocenters. The van der Waals surface area contributed by atoms with Gasteiger partial charge in [-0.05, 0) is 38.3 Å². The summed E-state index contributed by atoms with van der Waals surface area (Å²) in [6.45, 7) is 1.76. The fourth-order valence-corrected chi connectivity index (χ4v) is 4.33. The van der Waals surface area contributed by atoms with Gasteiger partial charge < -0.3 is 25.1 Å². The average molecular weight is 479 g/mol. The molecule has 1 amide bonds. The summed E-state index contributed by atoms with van der Waals surface area (Å²) in [5, 5.41) is 13.5. The number of hydrogen-bond donors (Lipinski definition) is 3. The largest absolute Gasteiger partial charge is 0.427 e. The van der Waals surface area contributed by atoms with Crippen molar-refractivity contribution in [2.24, 2.45) is 0 Å². The van der Waals surface area contributed by atoms with E-state index in [-0.39, 0.29) is 29.3 Å². The van der Waals surface area contributed by atoms with Gasteiger partial charge >= 0.3 is 0 Å². The lowest BCUT2D eigenvalue weighted by Crippen LogP contribution is -2.33. The van der Waals surface area contributed by atoms with Crippen LogP contribution in [0.4, 0.5) is 17.3 Å². The molecule has 182 valence electrons. The number of carbonyl (C=O) groups is 1. The number of hydrogen-bond acceptors (Lipinski definition) is 9. The first-order chi connectivity index (χ1) is 17.0. The molecule has 0 aromatic carbocycles. The molecule has 12 nitrogen and oxygen atoms in total. The molecular weight excluding hydrogens is 452 g/mol.